The Morgan fingerprint density at radius 1 is 1.42 bits per heavy atom. The smallest absolute Gasteiger partial charge is 0.250 e. The van der Waals surface area contributed by atoms with Gasteiger partial charge >= 0.3 is 0 Å². The minimum absolute atomic E-state index is 0.431. The number of aliphatic hydroxyl groups is 1. The van der Waals surface area contributed by atoms with E-state index in [0.717, 1.165) is 0 Å². The van der Waals surface area contributed by atoms with E-state index in [0.29, 0.717) is 11.4 Å². The van der Waals surface area contributed by atoms with Crippen LogP contribution in [-0.4, -0.2) is 17.6 Å². The third-order valence-corrected chi connectivity index (χ3v) is 1.34. The maximum atomic E-state index is 10.7. The Bertz CT molecular complexity index is 269. The van der Waals surface area contributed by atoms with Crippen LogP contribution in [0.3, 0.4) is 0 Å². The molecule has 0 fully saturated rings. The average molecular weight is 166 g/mol. The number of nitrogens with one attached hydrogen (secondary N) is 1. The van der Waals surface area contributed by atoms with Crippen molar-refractivity contribution in [1.29, 1.82) is 0 Å². The molecule has 1 amide bonds. The molecule has 0 saturated carbocycles. The Morgan fingerprint density at radius 3 is 2.50 bits per heavy atom. The lowest BCUT2D eigenvalue weighted by Gasteiger charge is -2.02. The zero-order valence-corrected chi connectivity index (χ0v) is 6.45. The van der Waals surface area contributed by atoms with Crippen molar-refractivity contribution in [3.8, 4) is 0 Å². The fraction of sp³-hybridized carbons (Fsp3) is 0.125. The Kier molecular flexibility index (Phi) is 2.66. The molecule has 0 aliphatic carbocycles. The zero-order valence-electron chi connectivity index (χ0n) is 6.45. The van der Waals surface area contributed by atoms with Crippen molar-refractivity contribution in [3.63, 3.8) is 0 Å². The molecule has 0 aliphatic rings. The second kappa shape index (κ2) is 3.73. The number of anilines is 2. The molecule has 1 aromatic carbocycles. The summed E-state index contributed by atoms with van der Waals surface area (Å²) in [6.45, 7) is -0.510. The minimum Gasteiger partial charge on any atom is -0.399 e. The van der Waals surface area contributed by atoms with E-state index in [1.54, 1.807) is 24.3 Å². The number of hydrogen-bond acceptors (Lipinski definition) is 3. The fourth-order valence-corrected chi connectivity index (χ4v) is 0.767. The molecule has 4 nitrogen and oxygen atoms in total. The topological polar surface area (TPSA) is 75.3 Å². The van der Waals surface area contributed by atoms with Gasteiger partial charge in [0.05, 0.1) is 0 Å². The lowest BCUT2D eigenvalue weighted by Crippen LogP contribution is -2.15. The van der Waals surface area contributed by atoms with Gasteiger partial charge in [-0.1, -0.05) is 0 Å². The molecule has 0 saturated heterocycles. The number of hydrogen-bond donors (Lipinski definition) is 3. The average Bonchev–Trinajstić information content (AvgIpc) is 2.09. The third kappa shape index (κ3) is 2.25. The first-order valence-corrected chi connectivity index (χ1v) is 3.48. The third-order valence-electron chi connectivity index (χ3n) is 1.34. The Morgan fingerprint density at radius 2 is 2.00 bits per heavy atom. The number of nitrogens with two attached hydrogens (primary N) is 1. The van der Waals surface area contributed by atoms with Crippen molar-refractivity contribution in [2.75, 3.05) is 17.7 Å². The van der Waals surface area contributed by atoms with E-state index < -0.39 is 12.5 Å². The molecule has 0 radical (unpaired) electrons. The molecule has 4 heteroatoms. The highest BCUT2D eigenvalue weighted by atomic mass is 16.3. The number of nitrogen functional groups attached to an aromatic ring is 1. The summed E-state index contributed by atoms with van der Waals surface area (Å²) in [6.07, 6.45) is 0. The van der Waals surface area contributed by atoms with Crippen LogP contribution < -0.4 is 11.1 Å². The van der Waals surface area contributed by atoms with Crippen molar-refractivity contribution >= 4 is 17.3 Å². The summed E-state index contributed by atoms with van der Waals surface area (Å²) >= 11 is 0. The van der Waals surface area contributed by atoms with Crippen LogP contribution in [0.5, 0.6) is 0 Å². The van der Waals surface area contributed by atoms with Gasteiger partial charge in [0.15, 0.2) is 0 Å². The molecule has 0 unspecified atom stereocenters. The summed E-state index contributed by atoms with van der Waals surface area (Å²) in [5, 5.41) is 10.9. The van der Waals surface area contributed by atoms with Crippen LogP contribution in [0.15, 0.2) is 24.3 Å². The molecule has 0 heterocycles. The lowest BCUT2D eigenvalue weighted by molar-refractivity contribution is -0.118. The number of rotatable bonds is 2. The zero-order chi connectivity index (χ0) is 8.97. The second-order valence-electron chi connectivity index (χ2n) is 2.33. The Balaban J connectivity index is 2.64. The van der Waals surface area contributed by atoms with Crippen LogP contribution in [0.1, 0.15) is 0 Å². The summed E-state index contributed by atoms with van der Waals surface area (Å²) < 4.78 is 0. The molecule has 1 rings (SSSR count). The van der Waals surface area contributed by atoms with E-state index in [1.807, 2.05) is 0 Å². The number of carbonyl (C=O) groups is 1. The fourth-order valence-electron chi connectivity index (χ4n) is 0.767. The van der Waals surface area contributed by atoms with Crippen LogP contribution >= 0.6 is 0 Å². The quantitative estimate of drug-likeness (QED) is 0.549. The summed E-state index contributed by atoms with van der Waals surface area (Å²) in [6, 6.07) is 6.69. The number of benzene rings is 1. The monoisotopic (exact) mass is 166 g/mol. The van der Waals surface area contributed by atoms with E-state index in [9.17, 15) is 4.79 Å². The molecular formula is C8H10N2O2. The van der Waals surface area contributed by atoms with E-state index >= 15 is 0 Å². The van der Waals surface area contributed by atoms with E-state index in [4.69, 9.17) is 10.8 Å². The normalized spacial score (nSPS) is 9.42. The molecular weight excluding hydrogens is 156 g/mol. The standard InChI is InChI=1S/C8H10N2O2/c9-6-1-3-7(4-2-6)10-8(12)5-11/h1-4,11H,5,9H2,(H,10,12). The van der Waals surface area contributed by atoms with Crippen molar-refractivity contribution in [2.45, 2.75) is 0 Å². The van der Waals surface area contributed by atoms with Gasteiger partial charge in [-0.15, -0.1) is 0 Å². The highest BCUT2D eigenvalue weighted by Gasteiger charge is 1.97. The molecule has 0 aliphatic heterocycles. The highest BCUT2D eigenvalue weighted by Crippen LogP contribution is 2.09. The van der Waals surface area contributed by atoms with Gasteiger partial charge in [-0.05, 0) is 24.3 Å². The summed E-state index contributed by atoms with van der Waals surface area (Å²) in [5.74, 6) is -0.431. The number of amides is 1. The van der Waals surface area contributed by atoms with E-state index in [2.05, 4.69) is 5.32 Å². The van der Waals surface area contributed by atoms with Gasteiger partial charge in [0.25, 0.3) is 0 Å². The molecule has 4 N–H and O–H groups in total. The number of carbonyl (C=O) groups excluding carboxylic acids is 1. The summed E-state index contributed by atoms with van der Waals surface area (Å²) in [7, 11) is 0. The molecule has 12 heavy (non-hydrogen) atoms. The highest BCUT2D eigenvalue weighted by molar-refractivity contribution is 5.91. The maximum Gasteiger partial charge on any atom is 0.250 e. The first kappa shape index (κ1) is 8.55. The second-order valence-corrected chi connectivity index (χ2v) is 2.33. The molecule has 0 spiro atoms. The minimum atomic E-state index is -0.510. The van der Waals surface area contributed by atoms with Crippen LogP contribution in [0.4, 0.5) is 11.4 Å². The van der Waals surface area contributed by atoms with Gasteiger partial charge in [0, 0.05) is 11.4 Å². The van der Waals surface area contributed by atoms with Crippen LogP contribution in [0.2, 0.25) is 0 Å². The molecule has 0 bridgehead atoms. The lowest BCUT2D eigenvalue weighted by atomic mass is 10.3. The number of aliphatic hydroxyl groups excluding tert-OH is 1. The molecule has 64 valence electrons. The van der Waals surface area contributed by atoms with Gasteiger partial charge in [-0.2, -0.15) is 0 Å². The van der Waals surface area contributed by atoms with Gasteiger partial charge in [0.1, 0.15) is 6.61 Å². The van der Waals surface area contributed by atoms with Crippen molar-refractivity contribution in [3.05, 3.63) is 24.3 Å². The van der Waals surface area contributed by atoms with Crippen molar-refractivity contribution in [2.24, 2.45) is 0 Å². The van der Waals surface area contributed by atoms with E-state index in [1.165, 1.54) is 0 Å². The van der Waals surface area contributed by atoms with Gasteiger partial charge in [0.2, 0.25) is 5.91 Å². The van der Waals surface area contributed by atoms with Gasteiger partial charge < -0.3 is 16.2 Å². The first-order chi connectivity index (χ1) is 5.72. The predicted octanol–water partition coefficient (Wildman–Crippen LogP) is 0.200. The Hall–Kier alpha value is -1.55. The maximum absolute atomic E-state index is 10.7. The SMILES string of the molecule is Nc1ccc(NC(=O)CO)cc1. The van der Waals surface area contributed by atoms with Crippen molar-refractivity contribution < 1.29 is 9.90 Å². The van der Waals surface area contributed by atoms with Crippen molar-refractivity contribution in [1.82, 2.24) is 0 Å². The Labute approximate surface area is 70.0 Å². The molecule has 0 aromatic heterocycles. The molecule has 0 atom stereocenters. The predicted molar refractivity (Wildman–Crippen MR) is 46.6 cm³/mol. The van der Waals surface area contributed by atoms with Crippen LogP contribution in [-0.2, 0) is 4.79 Å². The first-order valence-electron chi connectivity index (χ1n) is 3.48. The van der Waals surface area contributed by atoms with E-state index in [-0.39, 0.29) is 0 Å². The summed E-state index contributed by atoms with van der Waals surface area (Å²) in [5.41, 5.74) is 6.69. The van der Waals surface area contributed by atoms with Crippen LogP contribution in [0, 0.1) is 0 Å². The molecule has 1 aromatic rings. The van der Waals surface area contributed by atoms with Gasteiger partial charge in [-0.3, -0.25) is 4.79 Å². The van der Waals surface area contributed by atoms with Crippen LogP contribution in [0.25, 0.3) is 0 Å². The summed E-state index contributed by atoms with van der Waals surface area (Å²) in [4.78, 5) is 10.7. The van der Waals surface area contributed by atoms with Gasteiger partial charge in [-0.25, -0.2) is 0 Å². The largest absolute Gasteiger partial charge is 0.399 e.